The zero-order chi connectivity index (χ0) is 21.7. The quantitative estimate of drug-likeness (QED) is 0.431. The van der Waals surface area contributed by atoms with Crippen LogP contribution in [0.25, 0.3) is 0 Å². The van der Waals surface area contributed by atoms with E-state index in [-0.39, 0.29) is 23.0 Å². The van der Waals surface area contributed by atoms with Crippen molar-refractivity contribution in [3.05, 3.63) is 87.9 Å². The molecule has 9 heteroatoms. The fourth-order valence-electron chi connectivity index (χ4n) is 2.74. The minimum absolute atomic E-state index is 0.0263. The van der Waals surface area contributed by atoms with Gasteiger partial charge in [0.1, 0.15) is 0 Å². The van der Waals surface area contributed by atoms with Crippen molar-refractivity contribution in [3.8, 4) is 0 Å². The minimum Gasteiger partial charge on any atom is -0.478 e. The number of carboxylic acids is 1. The van der Waals surface area contributed by atoms with Gasteiger partial charge >= 0.3 is 5.97 Å². The lowest BCUT2D eigenvalue weighted by atomic mass is 10.1. The monoisotopic (exact) mass is 443 g/mol. The maximum absolute atomic E-state index is 13.0. The van der Waals surface area contributed by atoms with Crippen LogP contribution in [0, 0.1) is 0 Å². The van der Waals surface area contributed by atoms with Gasteiger partial charge in [0.2, 0.25) is 11.7 Å². The second-order valence-electron chi connectivity index (χ2n) is 6.25. The first-order chi connectivity index (χ1) is 14.3. The summed E-state index contributed by atoms with van der Waals surface area (Å²) in [6, 6.07) is 12.6. The van der Waals surface area contributed by atoms with Crippen LogP contribution in [0.15, 0.2) is 60.9 Å². The summed E-state index contributed by atoms with van der Waals surface area (Å²) in [5, 5.41) is 9.64. The third-order valence-corrected chi connectivity index (χ3v) is 4.70. The summed E-state index contributed by atoms with van der Waals surface area (Å²) in [5.41, 5.74) is 0.971. The Morgan fingerprint density at radius 3 is 2.33 bits per heavy atom. The number of hydrogen-bond donors (Lipinski definition) is 1. The standard InChI is InChI=1S/C21H15Cl2N3O4/c22-14-4-1-3-13(9-14)12-26(15-5-6-16(21(29)30)17(23)10-15)19(28)11-18(27)20-24-7-2-8-25-20/h1-10H,11-12H2,(H,29,30). The van der Waals surface area contributed by atoms with E-state index in [0.717, 1.165) is 5.56 Å². The molecule has 2 aromatic carbocycles. The molecule has 0 saturated carbocycles. The van der Waals surface area contributed by atoms with Gasteiger partial charge in [0.25, 0.3) is 0 Å². The summed E-state index contributed by atoms with van der Waals surface area (Å²) in [6.07, 6.45) is 2.36. The van der Waals surface area contributed by atoms with Crippen LogP contribution in [0.1, 0.15) is 33.0 Å². The molecule has 0 aliphatic heterocycles. The zero-order valence-corrected chi connectivity index (χ0v) is 17.0. The summed E-state index contributed by atoms with van der Waals surface area (Å²) in [7, 11) is 0. The number of Topliss-reactive ketones (excluding diaryl/α,β-unsaturated/α-hetero) is 1. The lowest BCUT2D eigenvalue weighted by Gasteiger charge is -2.23. The molecule has 3 rings (SSSR count). The predicted octanol–water partition coefficient (Wildman–Crippen LogP) is 4.29. The van der Waals surface area contributed by atoms with Crippen molar-refractivity contribution in [1.82, 2.24) is 9.97 Å². The van der Waals surface area contributed by atoms with Gasteiger partial charge in [-0.05, 0) is 42.0 Å². The summed E-state index contributed by atoms with van der Waals surface area (Å²) in [4.78, 5) is 45.7. The Morgan fingerprint density at radius 1 is 0.967 bits per heavy atom. The number of amides is 1. The number of hydrogen-bond acceptors (Lipinski definition) is 5. The molecule has 152 valence electrons. The van der Waals surface area contributed by atoms with Crippen molar-refractivity contribution in [2.75, 3.05) is 4.90 Å². The lowest BCUT2D eigenvalue weighted by molar-refractivity contribution is -0.117. The molecule has 0 aliphatic rings. The molecule has 0 aliphatic carbocycles. The van der Waals surface area contributed by atoms with E-state index in [0.29, 0.717) is 10.7 Å². The second-order valence-corrected chi connectivity index (χ2v) is 7.10. The van der Waals surface area contributed by atoms with Gasteiger partial charge in [-0.2, -0.15) is 0 Å². The van der Waals surface area contributed by atoms with E-state index < -0.39 is 24.1 Å². The van der Waals surface area contributed by atoms with E-state index >= 15 is 0 Å². The Labute approximate surface area is 181 Å². The number of carbonyl (C=O) groups excluding carboxylic acids is 2. The molecule has 0 unspecified atom stereocenters. The number of carbonyl (C=O) groups is 3. The molecular formula is C21H15Cl2N3O4. The maximum Gasteiger partial charge on any atom is 0.337 e. The van der Waals surface area contributed by atoms with Crippen LogP contribution in [0.5, 0.6) is 0 Å². The fourth-order valence-corrected chi connectivity index (χ4v) is 3.21. The highest BCUT2D eigenvalue weighted by Gasteiger charge is 2.23. The summed E-state index contributed by atoms with van der Waals surface area (Å²) in [6.45, 7) is 0.102. The molecule has 0 fully saturated rings. The van der Waals surface area contributed by atoms with Crippen LogP contribution in [0.3, 0.4) is 0 Å². The molecule has 3 aromatic rings. The van der Waals surface area contributed by atoms with Crippen molar-refractivity contribution >= 4 is 46.5 Å². The highest BCUT2D eigenvalue weighted by molar-refractivity contribution is 6.34. The van der Waals surface area contributed by atoms with Crippen LogP contribution in [-0.4, -0.2) is 32.7 Å². The van der Waals surface area contributed by atoms with Crippen molar-refractivity contribution < 1.29 is 19.5 Å². The highest BCUT2D eigenvalue weighted by Crippen LogP contribution is 2.26. The average Bonchev–Trinajstić information content (AvgIpc) is 2.72. The molecule has 1 N–H and O–H groups in total. The van der Waals surface area contributed by atoms with Crippen molar-refractivity contribution in [2.24, 2.45) is 0 Å². The zero-order valence-electron chi connectivity index (χ0n) is 15.5. The van der Waals surface area contributed by atoms with Gasteiger partial charge in [0.15, 0.2) is 5.82 Å². The Bertz CT molecular complexity index is 1110. The van der Waals surface area contributed by atoms with Gasteiger partial charge in [-0.15, -0.1) is 0 Å². The summed E-state index contributed by atoms with van der Waals surface area (Å²) < 4.78 is 0. The Morgan fingerprint density at radius 2 is 1.70 bits per heavy atom. The summed E-state index contributed by atoms with van der Waals surface area (Å²) in [5.74, 6) is -2.31. The molecule has 0 atom stereocenters. The first-order valence-electron chi connectivity index (χ1n) is 8.73. The van der Waals surface area contributed by atoms with Crippen molar-refractivity contribution in [1.29, 1.82) is 0 Å². The molecule has 0 bridgehead atoms. The van der Waals surface area contributed by atoms with Gasteiger partial charge < -0.3 is 10.0 Å². The highest BCUT2D eigenvalue weighted by atomic mass is 35.5. The van der Waals surface area contributed by atoms with E-state index in [1.165, 1.54) is 35.5 Å². The number of halogens is 2. The van der Waals surface area contributed by atoms with Gasteiger partial charge in [-0.3, -0.25) is 9.59 Å². The molecule has 30 heavy (non-hydrogen) atoms. The van der Waals surface area contributed by atoms with Gasteiger partial charge in [-0.1, -0.05) is 35.3 Å². The van der Waals surface area contributed by atoms with E-state index in [2.05, 4.69) is 9.97 Å². The average molecular weight is 444 g/mol. The molecule has 1 aromatic heterocycles. The van der Waals surface area contributed by atoms with Crippen LogP contribution >= 0.6 is 23.2 Å². The normalized spacial score (nSPS) is 10.5. The van der Waals surface area contributed by atoms with Crippen LogP contribution in [0.4, 0.5) is 5.69 Å². The first kappa shape index (κ1) is 21.4. The molecule has 1 amide bonds. The van der Waals surface area contributed by atoms with E-state index in [1.807, 2.05) is 0 Å². The molecule has 0 saturated heterocycles. The number of rotatable bonds is 7. The number of nitrogens with zero attached hydrogens (tertiary/aromatic N) is 3. The third-order valence-electron chi connectivity index (χ3n) is 4.15. The van der Waals surface area contributed by atoms with Crippen molar-refractivity contribution in [2.45, 2.75) is 13.0 Å². The number of aromatic nitrogens is 2. The Kier molecular flexibility index (Phi) is 6.76. The molecule has 7 nitrogen and oxygen atoms in total. The topological polar surface area (TPSA) is 100 Å². The number of benzene rings is 2. The van der Waals surface area contributed by atoms with Gasteiger partial charge in [0.05, 0.1) is 23.6 Å². The van der Waals surface area contributed by atoms with Gasteiger partial charge in [0, 0.05) is 23.1 Å². The number of anilines is 1. The maximum atomic E-state index is 13.0. The summed E-state index contributed by atoms with van der Waals surface area (Å²) >= 11 is 12.1. The Balaban J connectivity index is 1.92. The first-order valence-corrected chi connectivity index (χ1v) is 9.48. The van der Waals surface area contributed by atoms with Crippen LogP contribution in [0.2, 0.25) is 10.0 Å². The fraction of sp³-hybridized carbons (Fsp3) is 0.0952. The number of carboxylic acid groups (broad SMARTS) is 1. The SMILES string of the molecule is O=C(CC(=O)N(Cc1cccc(Cl)c1)c1ccc(C(=O)O)c(Cl)c1)c1ncccn1. The van der Waals surface area contributed by atoms with Gasteiger partial charge in [-0.25, -0.2) is 14.8 Å². The molecule has 0 radical (unpaired) electrons. The molecular weight excluding hydrogens is 429 g/mol. The second kappa shape index (κ2) is 9.47. The molecule has 0 spiro atoms. The van der Waals surface area contributed by atoms with E-state index in [4.69, 9.17) is 23.2 Å². The molecule has 1 heterocycles. The largest absolute Gasteiger partial charge is 0.478 e. The van der Waals surface area contributed by atoms with Crippen LogP contribution < -0.4 is 4.90 Å². The van der Waals surface area contributed by atoms with Crippen LogP contribution in [-0.2, 0) is 11.3 Å². The third kappa shape index (κ3) is 5.20. The van der Waals surface area contributed by atoms with Crippen molar-refractivity contribution in [3.63, 3.8) is 0 Å². The minimum atomic E-state index is -1.18. The Hall–Kier alpha value is -3.29. The predicted molar refractivity (Wildman–Crippen MR) is 112 cm³/mol. The van der Waals surface area contributed by atoms with E-state index in [9.17, 15) is 19.5 Å². The van der Waals surface area contributed by atoms with E-state index in [1.54, 1.807) is 30.3 Å². The lowest BCUT2D eigenvalue weighted by Crippen LogP contribution is -2.32. The smallest absolute Gasteiger partial charge is 0.337 e. The number of aromatic carboxylic acids is 1. The number of ketones is 1.